The monoisotopic (exact) mass is 303 g/mol. The molecule has 1 saturated heterocycles. The maximum Gasteiger partial charge on any atom is 0.230 e. The fourth-order valence-corrected chi connectivity index (χ4v) is 3.36. The van der Waals surface area contributed by atoms with Crippen LogP contribution in [-0.2, 0) is 4.79 Å². The average Bonchev–Trinajstić information content (AvgIpc) is 3.18. The molecule has 22 heavy (non-hydrogen) atoms. The fourth-order valence-electron chi connectivity index (χ4n) is 3.36. The molecule has 6 nitrogen and oxygen atoms in total. The topological polar surface area (TPSA) is 72.4 Å². The number of carbonyl (C=O) groups is 1. The Morgan fingerprint density at radius 3 is 2.68 bits per heavy atom. The van der Waals surface area contributed by atoms with E-state index in [1.807, 2.05) is 38.7 Å². The molecule has 2 atom stereocenters. The van der Waals surface area contributed by atoms with E-state index >= 15 is 0 Å². The van der Waals surface area contributed by atoms with E-state index < -0.39 is 0 Å². The number of aryl methyl sites for hydroxylation is 3. The number of nitrogens with zero attached hydrogens (tertiary/aromatic N) is 3. The number of likely N-dealkylation sites (tertiary alicyclic amines) is 1. The SMILES string of the molecule is Cc1cc([C@@H]2CCCN2C(=O)[C@H](C)c2c(C)noc2C)no1. The van der Waals surface area contributed by atoms with E-state index in [4.69, 9.17) is 9.05 Å². The number of amides is 1. The lowest BCUT2D eigenvalue weighted by atomic mass is 9.97. The van der Waals surface area contributed by atoms with Gasteiger partial charge in [0, 0.05) is 18.2 Å². The zero-order valence-electron chi connectivity index (χ0n) is 13.4. The molecule has 1 amide bonds. The lowest BCUT2D eigenvalue weighted by Crippen LogP contribution is -2.34. The lowest BCUT2D eigenvalue weighted by molar-refractivity contribution is -0.133. The van der Waals surface area contributed by atoms with Crippen molar-refractivity contribution in [1.82, 2.24) is 15.2 Å². The van der Waals surface area contributed by atoms with Crippen LogP contribution in [0.2, 0.25) is 0 Å². The van der Waals surface area contributed by atoms with Crippen molar-refractivity contribution in [2.75, 3.05) is 6.54 Å². The maximum absolute atomic E-state index is 12.9. The molecule has 3 rings (SSSR count). The highest BCUT2D eigenvalue weighted by molar-refractivity contribution is 5.84. The van der Waals surface area contributed by atoms with E-state index in [1.165, 1.54) is 0 Å². The van der Waals surface area contributed by atoms with E-state index in [0.717, 1.165) is 42.1 Å². The summed E-state index contributed by atoms with van der Waals surface area (Å²) in [6.45, 7) is 8.26. The van der Waals surface area contributed by atoms with Gasteiger partial charge in [-0.15, -0.1) is 0 Å². The fraction of sp³-hybridized carbons (Fsp3) is 0.562. The van der Waals surface area contributed by atoms with Crippen LogP contribution in [-0.4, -0.2) is 27.7 Å². The Hall–Kier alpha value is -2.11. The van der Waals surface area contributed by atoms with Crippen LogP contribution in [0.4, 0.5) is 0 Å². The minimum absolute atomic E-state index is 0.00729. The number of aromatic nitrogens is 2. The van der Waals surface area contributed by atoms with E-state index in [9.17, 15) is 4.79 Å². The third kappa shape index (κ3) is 2.42. The first-order valence-corrected chi connectivity index (χ1v) is 7.65. The zero-order valence-corrected chi connectivity index (χ0v) is 13.4. The molecule has 3 heterocycles. The van der Waals surface area contributed by atoms with Gasteiger partial charge in [-0.1, -0.05) is 10.3 Å². The first kappa shape index (κ1) is 14.8. The van der Waals surface area contributed by atoms with Gasteiger partial charge in [-0.2, -0.15) is 0 Å². The molecule has 1 aliphatic heterocycles. The Kier molecular flexibility index (Phi) is 3.76. The molecule has 2 aromatic heterocycles. The van der Waals surface area contributed by atoms with E-state index in [0.29, 0.717) is 5.76 Å². The van der Waals surface area contributed by atoms with Gasteiger partial charge in [0.15, 0.2) is 0 Å². The first-order valence-electron chi connectivity index (χ1n) is 7.65. The summed E-state index contributed by atoms with van der Waals surface area (Å²) < 4.78 is 10.4. The predicted octanol–water partition coefficient (Wildman–Crippen LogP) is 3.06. The molecule has 0 radical (unpaired) electrons. The molecule has 1 fully saturated rings. The summed E-state index contributed by atoms with van der Waals surface area (Å²) in [6.07, 6.45) is 1.91. The summed E-state index contributed by atoms with van der Waals surface area (Å²) in [5.74, 6) is 1.32. The number of carbonyl (C=O) groups excluding carboxylic acids is 1. The summed E-state index contributed by atoms with van der Waals surface area (Å²) in [6, 6.07) is 1.92. The molecule has 118 valence electrons. The van der Waals surface area contributed by atoms with Gasteiger partial charge < -0.3 is 13.9 Å². The third-order valence-electron chi connectivity index (χ3n) is 4.42. The van der Waals surface area contributed by atoms with Gasteiger partial charge in [-0.25, -0.2) is 0 Å². The quantitative estimate of drug-likeness (QED) is 0.871. The van der Waals surface area contributed by atoms with Crippen molar-refractivity contribution >= 4 is 5.91 Å². The summed E-state index contributed by atoms with van der Waals surface area (Å²) in [5.41, 5.74) is 2.52. The van der Waals surface area contributed by atoms with Gasteiger partial charge in [0.1, 0.15) is 17.2 Å². The van der Waals surface area contributed by atoms with Crippen LogP contribution in [0.15, 0.2) is 15.1 Å². The number of hydrogen-bond donors (Lipinski definition) is 0. The zero-order chi connectivity index (χ0) is 15.9. The minimum Gasteiger partial charge on any atom is -0.361 e. The molecule has 1 aliphatic rings. The Labute approximate surface area is 129 Å². The first-order chi connectivity index (χ1) is 10.5. The van der Waals surface area contributed by atoms with E-state index in [1.54, 1.807) is 0 Å². The largest absolute Gasteiger partial charge is 0.361 e. The van der Waals surface area contributed by atoms with Gasteiger partial charge in [-0.05, 0) is 40.5 Å². The molecule has 0 aromatic carbocycles. The molecule has 0 N–H and O–H groups in total. The third-order valence-corrected chi connectivity index (χ3v) is 4.42. The molecule has 0 saturated carbocycles. The summed E-state index contributed by atoms with van der Waals surface area (Å²) in [5, 5.41) is 8.04. The van der Waals surface area contributed by atoms with Gasteiger partial charge >= 0.3 is 0 Å². The predicted molar refractivity (Wildman–Crippen MR) is 79.3 cm³/mol. The number of hydrogen-bond acceptors (Lipinski definition) is 5. The summed E-state index contributed by atoms with van der Waals surface area (Å²) >= 11 is 0. The van der Waals surface area contributed by atoms with Gasteiger partial charge in [0.25, 0.3) is 0 Å². The number of rotatable bonds is 3. The molecule has 0 aliphatic carbocycles. The highest BCUT2D eigenvalue weighted by atomic mass is 16.5. The lowest BCUT2D eigenvalue weighted by Gasteiger charge is -2.26. The highest BCUT2D eigenvalue weighted by Gasteiger charge is 2.36. The molecule has 2 aromatic rings. The van der Waals surface area contributed by atoms with Crippen molar-refractivity contribution < 1.29 is 13.8 Å². The Morgan fingerprint density at radius 2 is 2.09 bits per heavy atom. The van der Waals surface area contributed by atoms with E-state index in [2.05, 4.69) is 10.3 Å². The molecule has 0 unspecified atom stereocenters. The summed E-state index contributed by atoms with van der Waals surface area (Å²) in [4.78, 5) is 14.8. The standard InChI is InChI=1S/C16H21N3O3/c1-9-8-13(18-21-9)14-6-5-7-19(14)16(20)10(2)15-11(3)17-22-12(15)4/h8,10,14H,5-7H2,1-4H3/t10-,14+/m1/s1. The second-order valence-corrected chi connectivity index (χ2v) is 6.01. The smallest absolute Gasteiger partial charge is 0.230 e. The van der Waals surface area contributed by atoms with Crippen LogP contribution < -0.4 is 0 Å². The van der Waals surface area contributed by atoms with Crippen molar-refractivity contribution in [2.45, 2.75) is 52.5 Å². The van der Waals surface area contributed by atoms with Crippen LogP contribution in [0.3, 0.4) is 0 Å². The Bertz CT molecular complexity index is 669. The highest BCUT2D eigenvalue weighted by Crippen LogP contribution is 2.35. The second kappa shape index (κ2) is 5.59. The van der Waals surface area contributed by atoms with Crippen LogP contribution in [0.25, 0.3) is 0 Å². The van der Waals surface area contributed by atoms with Crippen LogP contribution >= 0.6 is 0 Å². The van der Waals surface area contributed by atoms with Crippen LogP contribution in [0, 0.1) is 20.8 Å². The van der Waals surface area contributed by atoms with Crippen molar-refractivity contribution in [2.24, 2.45) is 0 Å². The van der Waals surface area contributed by atoms with Crippen molar-refractivity contribution in [1.29, 1.82) is 0 Å². The van der Waals surface area contributed by atoms with Crippen LogP contribution in [0.5, 0.6) is 0 Å². The van der Waals surface area contributed by atoms with Crippen molar-refractivity contribution in [3.05, 3.63) is 34.5 Å². The Balaban J connectivity index is 1.84. The van der Waals surface area contributed by atoms with E-state index in [-0.39, 0.29) is 17.9 Å². The molecule has 6 heteroatoms. The van der Waals surface area contributed by atoms with Crippen LogP contribution in [0.1, 0.15) is 60.2 Å². The molecular formula is C16H21N3O3. The minimum atomic E-state index is -0.264. The van der Waals surface area contributed by atoms with Gasteiger partial charge in [0.2, 0.25) is 5.91 Å². The summed E-state index contributed by atoms with van der Waals surface area (Å²) in [7, 11) is 0. The van der Waals surface area contributed by atoms with Gasteiger partial charge in [0.05, 0.1) is 17.7 Å². The maximum atomic E-state index is 12.9. The average molecular weight is 303 g/mol. The van der Waals surface area contributed by atoms with Gasteiger partial charge in [-0.3, -0.25) is 4.79 Å². The van der Waals surface area contributed by atoms with Crippen molar-refractivity contribution in [3.8, 4) is 0 Å². The second-order valence-electron chi connectivity index (χ2n) is 6.01. The molecular weight excluding hydrogens is 282 g/mol. The molecule has 0 bridgehead atoms. The van der Waals surface area contributed by atoms with Crippen molar-refractivity contribution in [3.63, 3.8) is 0 Å². The normalized spacial score (nSPS) is 19.6. The molecule has 0 spiro atoms. The Morgan fingerprint density at radius 1 is 1.32 bits per heavy atom.